The van der Waals surface area contributed by atoms with Crippen molar-refractivity contribution in [2.45, 2.75) is 57.9 Å². The van der Waals surface area contributed by atoms with E-state index in [1.807, 2.05) is 0 Å². The van der Waals surface area contributed by atoms with Gasteiger partial charge in [-0.15, -0.1) is 0 Å². The summed E-state index contributed by atoms with van der Waals surface area (Å²) in [6, 6.07) is 0.691. The number of hydrogen-bond donors (Lipinski definition) is 1. The second kappa shape index (κ2) is 4.33. The third-order valence-electron chi connectivity index (χ3n) is 3.88. The molecule has 1 saturated heterocycles. The summed E-state index contributed by atoms with van der Waals surface area (Å²) in [5, 5.41) is 8.00. The van der Waals surface area contributed by atoms with Crippen LogP contribution in [0.3, 0.4) is 0 Å². The number of likely N-dealkylation sites (tertiary alicyclic amines) is 1. The Morgan fingerprint density at radius 2 is 1.93 bits per heavy atom. The summed E-state index contributed by atoms with van der Waals surface area (Å²) < 4.78 is 0. The van der Waals surface area contributed by atoms with Gasteiger partial charge >= 0.3 is 0 Å². The average molecular weight is 194 g/mol. The van der Waals surface area contributed by atoms with E-state index in [2.05, 4.69) is 11.8 Å². The van der Waals surface area contributed by atoms with E-state index in [4.69, 9.17) is 5.41 Å². The molecule has 14 heavy (non-hydrogen) atoms. The molecule has 0 amide bonds. The highest BCUT2D eigenvalue weighted by molar-refractivity contribution is 5.80. The van der Waals surface area contributed by atoms with Gasteiger partial charge in [0.1, 0.15) is 0 Å². The lowest BCUT2D eigenvalue weighted by Crippen LogP contribution is -2.47. The molecule has 2 rings (SSSR count). The van der Waals surface area contributed by atoms with Crippen molar-refractivity contribution in [2.24, 2.45) is 5.92 Å². The third kappa shape index (κ3) is 1.94. The first-order valence-corrected chi connectivity index (χ1v) is 6.13. The predicted molar refractivity (Wildman–Crippen MR) is 59.7 cm³/mol. The fourth-order valence-corrected chi connectivity index (χ4v) is 2.98. The van der Waals surface area contributed by atoms with E-state index in [0.29, 0.717) is 6.04 Å². The minimum atomic E-state index is 0.691. The van der Waals surface area contributed by atoms with E-state index < -0.39 is 0 Å². The molecule has 0 aromatic rings. The van der Waals surface area contributed by atoms with Crippen LogP contribution in [0.2, 0.25) is 0 Å². The van der Waals surface area contributed by atoms with Gasteiger partial charge in [-0.1, -0.05) is 19.8 Å². The van der Waals surface area contributed by atoms with Crippen molar-refractivity contribution in [3.05, 3.63) is 0 Å². The van der Waals surface area contributed by atoms with Gasteiger partial charge < -0.3 is 4.90 Å². The van der Waals surface area contributed by atoms with Crippen LogP contribution in [0.4, 0.5) is 0 Å². The lowest BCUT2D eigenvalue weighted by atomic mass is 9.84. The standard InChI is InChI=1S/C12H22N2/c1-10-6-2-3-7-11(10)14-9-5-4-8-12(14)13/h10-11,13H,2-9H2,1H3. The van der Waals surface area contributed by atoms with Gasteiger partial charge in [-0.05, 0) is 31.6 Å². The fourth-order valence-electron chi connectivity index (χ4n) is 2.98. The Morgan fingerprint density at radius 3 is 2.64 bits per heavy atom. The molecule has 0 aromatic carbocycles. The van der Waals surface area contributed by atoms with Crippen LogP contribution in [0.5, 0.6) is 0 Å². The van der Waals surface area contributed by atoms with Gasteiger partial charge in [-0.3, -0.25) is 5.41 Å². The molecule has 2 fully saturated rings. The Bertz CT molecular complexity index is 212. The molecule has 2 unspecified atom stereocenters. The number of nitrogens with zero attached hydrogens (tertiary/aromatic N) is 1. The monoisotopic (exact) mass is 194 g/mol. The van der Waals surface area contributed by atoms with Gasteiger partial charge in [-0.25, -0.2) is 0 Å². The van der Waals surface area contributed by atoms with Gasteiger partial charge in [0.25, 0.3) is 0 Å². The summed E-state index contributed by atoms with van der Waals surface area (Å²) in [5.74, 6) is 1.72. The molecule has 0 aromatic heterocycles. The summed E-state index contributed by atoms with van der Waals surface area (Å²) in [6.07, 6.45) is 9.01. The van der Waals surface area contributed by atoms with Crippen molar-refractivity contribution in [1.29, 1.82) is 5.41 Å². The Morgan fingerprint density at radius 1 is 1.14 bits per heavy atom. The highest BCUT2D eigenvalue weighted by Crippen LogP contribution is 2.30. The van der Waals surface area contributed by atoms with E-state index in [9.17, 15) is 0 Å². The van der Waals surface area contributed by atoms with Crippen molar-refractivity contribution >= 4 is 5.84 Å². The number of hydrogen-bond acceptors (Lipinski definition) is 1. The molecule has 2 heteroatoms. The zero-order chi connectivity index (χ0) is 9.97. The Kier molecular flexibility index (Phi) is 3.09. The molecule has 80 valence electrons. The largest absolute Gasteiger partial charge is 0.357 e. The minimum Gasteiger partial charge on any atom is -0.357 e. The lowest BCUT2D eigenvalue weighted by Gasteiger charge is -2.42. The van der Waals surface area contributed by atoms with Crippen LogP contribution >= 0.6 is 0 Å². The van der Waals surface area contributed by atoms with Crippen molar-refractivity contribution in [3.63, 3.8) is 0 Å². The maximum Gasteiger partial charge on any atom is 0.0960 e. The van der Waals surface area contributed by atoms with Gasteiger partial charge in [-0.2, -0.15) is 0 Å². The van der Waals surface area contributed by atoms with Crippen LogP contribution in [-0.2, 0) is 0 Å². The van der Waals surface area contributed by atoms with Crippen LogP contribution < -0.4 is 0 Å². The van der Waals surface area contributed by atoms with E-state index in [0.717, 1.165) is 24.7 Å². The summed E-state index contributed by atoms with van der Waals surface area (Å²) in [4.78, 5) is 2.40. The Labute approximate surface area is 87.2 Å². The highest BCUT2D eigenvalue weighted by atomic mass is 15.2. The molecule has 2 aliphatic rings. The Balaban J connectivity index is 2.00. The fraction of sp³-hybridized carbons (Fsp3) is 0.917. The highest BCUT2D eigenvalue weighted by Gasteiger charge is 2.29. The Hall–Kier alpha value is -0.530. The smallest absolute Gasteiger partial charge is 0.0960 e. The zero-order valence-electron chi connectivity index (χ0n) is 9.26. The molecular formula is C12H22N2. The molecule has 0 bridgehead atoms. The second-order valence-electron chi connectivity index (χ2n) is 4.93. The first-order chi connectivity index (χ1) is 6.79. The topological polar surface area (TPSA) is 27.1 Å². The zero-order valence-corrected chi connectivity index (χ0v) is 9.26. The predicted octanol–water partition coefficient (Wildman–Crippen LogP) is 3.03. The summed E-state index contributed by atoms with van der Waals surface area (Å²) in [7, 11) is 0. The number of piperidine rings is 1. The minimum absolute atomic E-state index is 0.691. The number of rotatable bonds is 1. The molecule has 2 nitrogen and oxygen atoms in total. The van der Waals surface area contributed by atoms with Gasteiger partial charge in [0.05, 0.1) is 5.84 Å². The van der Waals surface area contributed by atoms with Crippen molar-refractivity contribution in [2.75, 3.05) is 6.54 Å². The van der Waals surface area contributed by atoms with Crippen LogP contribution in [0.25, 0.3) is 0 Å². The molecule has 1 aliphatic heterocycles. The molecule has 2 atom stereocenters. The summed E-state index contributed by atoms with van der Waals surface area (Å²) >= 11 is 0. The molecule has 1 saturated carbocycles. The van der Waals surface area contributed by atoms with Crippen molar-refractivity contribution in [1.82, 2.24) is 4.90 Å². The molecule has 1 heterocycles. The second-order valence-corrected chi connectivity index (χ2v) is 4.93. The van der Waals surface area contributed by atoms with Crippen LogP contribution in [-0.4, -0.2) is 23.3 Å². The molecule has 0 spiro atoms. The van der Waals surface area contributed by atoms with E-state index in [1.165, 1.54) is 38.5 Å². The third-order valence-corrected chi connectivity index (χ3v) is 3.88. The van der Waals surface area contributed by atoms with Crippen LogP contribution in [0.15, 0.2) is 0 Å². The maximum atomic E-state index is 8.00. The van der Waals surface area contributed by atoms with E-state index in [1.54, 1.807) is 0 Å². The van der Waals surface area contributed by atoms with Crippen LogP contribution in [0.1, 0.15) is 51.9 Å². The van der Waals surface area contributed by atoms with E-state index in [-0.39, 0.29) is 0 Å². The van der Waals surface area contributed by atoms with Crippen LogP contribution in [0, 0.1) is 11.3 Å². The van der Waals surface area contributed by atoms with Gasteiger partial charge in [0, 0.05) is 19.0 Å². The summed E-state index contributed by atoms with van der Waals surface area (Å²) in [5.41, 5.74) is 0. The normalized spacial score (nSPS) is 34.6. The number of nitrogens with one attached hydrogen (secondary N) is 1. The SMILES string of the molecule is CC1CCCCC1N1CCCCC1=N. The summed E-state index contributed by atoms with van der Waals surface area (Å²) in [6.45, 7) is 3.51. The molecule has 0 radical (unpaired) electrons. The molecule has 1 N–H and O–H groups in total. The first-order valence-electron chi connectivity index (χ1n) is 6.13. The number of amidine groups is 1. The van der Waals surface area contributed by atoms with Gasteiger partial charge in [0.2, 0.25) is 0 Å². The van der Waals surface area contributed by atoms with Crippen molar-refractivity contribution < 1.29 is 0 Å². The maximum absolute atomic E-state index is 8.00. The first kappa shape index (κ1) is 10.0. The lowest BCUT2D eigenvalue weighted by molar-refractivity contribution is 0.167. The quantitative estimate of drug-likeness (QED) is 0.682. The average Bonchev–Trinajstić information content (AvgIpc) is 2.20. The van der Waals surface area contributed by atoms with Gasteiger partial charge in [0.15, 0.2) is 0 Å². The molecule has 1 aliphatic carbocycles. The van der Waals surface area contributed by atoms with E-state index >= 15 is 0 Å². The molecular weight excluding hydrogens is 172 g/mol. The van der Waals surface area contributed by atoms with Crippen molar-refractivity contribution in [3.8, 4) is 0 Å².